The van der Waals surface area contributed by atoms with Crippen molar-refractivity contribution in [3.05, 3.63) is 87.5 Å². The molecule has 1 saturated heterocycles. The van der Waals surface area contributed by atoms with E-state index in [1.165, 1.54) is 5.56 Å². The van der Waals surface area contributed by atoms with Crippen molar-refractivity contribution in [3.63, 3.8) is 0 Å². The predicted octanol–water partition coefficient (Wildman–Crippen LogP) is 4.54. The summed E-state index contributed by atoms with van der Waals surface area (Å²) in [6.07, 6.45) is 3.05. The van der Waals surface area contributed by atoms with Crippen molar-refractivity contribution in [3.8, 4) is 11.6 Å². The minimum atomic E-state index is -0.518. The average Bonchev–Trinajstić information content (AvgIpc) is 3.38. The highest BCUT2D eigenvalue weighted by Gasteiger charge is 2.33. The van der Waals surface area contributed by atoms with E-state index in [2.05, 4.69) is 24.0 Å². The fraction of sp³-hybridized carbons (Fsp3) is 0.393. The Kier molecular flexibility index (Phi) is 7.54. The molecular formula is C28H33N3O4. The molecule has 1 aliphatic rings. The molecule has 0 aliphatic carbocycles. The maximum Gasteiger partial charge on any atom is 0.270 e. The van der Waals surface area contributed by atoms with Crippen molar-refractivity contribution < 1.29 is 14.6 Å². The molecule has 7 nitrogen and oxygen atoms in total. The number of aromatic nitrogens is 2. The highest BCUT2D eigenvalue weighted by atomic mass is 16.5. The number of methoxy groups -OCH3 is 1. The first-order valence-corrected chi connectivity index (χ1v) is 12.3. The summed E-state index contributed by atoms with van der Waals surface area (Å²) < 4.78 is 7.07. The summed E-state index contributed by atoms with van der Waals surface area (Å²) in [7, 11) is 1.59. The zero-order valence-corrected chi connectivity index (χ0v) is 20.6. The molecule has 0 radical (unpaired) electrons. The van der Waals surface area contributed by atoms with Crippen LogP contribution in [0.15, 0.2) is 59.4 Å². The van der Waals surface area contributed by atoms with Gasteiger partial charge in [-0.3, -0.25) is 14.2 Å². The normalized spacial score (nSPS) is 16.3. The van der Waals surface area contributed by atoms with Crippen LogP contribution in [0.3, 0.4) is 0 Å². The zero-order chi connectivity index (χ0) is 24.9. The number of aromatic hydroxyl groups is 1. The number of amides is 1. The second-order valence-electron chi connectivity index (χ2n) is 9.07. The van der Waals surface area contributed by atoms with E-state index in [1.807, 2.05) is 49.4 Å². The number of para-hydroxylation sites is 1. The third kappa shape index (κ3) is 4.94. The Hall–Kier alpha value is -3.61. The molecular weight excluding hydrogens is 442 g/mol. The van der Waals surface area contributed by atoms with Gasteiger partial charge in [-0.15, -0.1) is 0 Å². The Balaban J connectivity index is 1.73. The van der Waals surface area contributed by atoms with E-state index in [1.54, 1.807) is 16.6 Å². The molecule has 1 fully saturated rings. The van der Waals surface area contributed by atoms with E-state index in [9.17, 15) is 14.7 Å². The van der Waals surface area contributed by atoms with Crippen molar-refractivity contribution in [2.75, 3.05) is 20.2 Å². The van der Waals surface area contributed by atoms with Crippen LogP contribution in [-0.4, -0.2) is 45.7 Å². The molecule has 4 rings (SSSR count). The summed E-state index contributed by atoms with van der Waals surface area (Å²) >= 11 is 0. The number of carbonyl (C=O) groups excluding carboxylic acids is 1. The molecule has 0 unspecified atom stereocenters. The van der Waals surface area contributed by atoms with Gasteiger partial charge >= 0.3 is 0 Å². The van der Waals surface area contributed by atoms with E-state index in [0.29, 0.717) is 31.1 Å². The molecule has 2 heterocycles. The summed E-state index contributed by atoms with van der Waals surface area (Å²) in [5, 5.41) is 10.8. The second-order valence-corrected chi connectivity index (χ2v) is 9.07. The molecule has 35 heavy (non-hydrogen) atoms. The topological polar surface area (TPSA) is 84.7 Å². The smallest absolute Gasteiger partial charge is 0.270 e. The molecule has 1 N–H and O–H groups in total. The minimum absolute atomic E-state index is 0.203. The Bertz CT molecular complexity index is 1240. The van der Waals surface area contributed by atoms with Crippen molar-refractivity contribution in [1.29, 1.82) is 0 Å². The zero-order valence-electron chi connectivity index (χ0n) is 20.6. The number of hydrogen-bond donors (Lipinski definition) is 1. The summed E-state index contributed by atoms with van der Waals surface area (Å²) in [4.78, 5) is 33.4. The monoisotopic (exact) mass is 475 g/mol. The molecule has 3 aromatic rings. The van der Waals surface area contributed by atoms with Gasteiger partial charge in [-0.1, -0.05) is 61.9 Å². The predicted molar refractivity (Wildman–Crippen MR) is 135 cm³/mol. The standard InChI is InChI=1S/C28H33N3O4/c1-4-5-15-24-29-26(32)25(27(33)30-17-16-21(18-30)20-11-7-6-8-12-20)28(34)31(24)19(2)22-13-9-10-14-23(22)35-3/h6-14,19,21,32H,4-5,15-18H2,1-3H3/t19-,21-/m1/s1. The molecule has 2 aromatic carbocycles. The highest BCUT2D eigenvalue weighted by molar-refractivity contribution is 5.96. The highest BCUT2D eigenvalue weighted by Crippen LogP contribution is 2.31. The molecule has 0 spiro atoms. The number of unbranched alkanes of at least 4 members (excludes halogenated alkanes) is 1. The molecule has 1 amide bonds. The number of nitrogens with zero attached hydrogens (tertiary/aromatic N) is 3. The lowest BCUT2D eigenvalue weighted by Crippen LogP contribution is -2.38. The third-order valence-electron chi connectivity index (χ3n) is 6.86. The molecule has 2 atom stereocenters. The third-order valence-corrected chi connectivity index (χ3v) is 6.86. The molecule has 7 heteroatoms. The quantitative estimate of drug-likeness (QED) is 0.517. The first-order chi connectivity index (χ1) is 17.0. The van der Waals surface area contributed by atoms with Crippen LogP contribution < -0.4 is 10.3 Å². The Labute approximate surface area is 206 Å². The number of benzene rings is 2. The van der Waals surface area contributed by atoms with Gasteiger partial charge in [-0.25, -0.2) is 0 Å². The first-order valence-electron chi connectivity index (χ1n) is 12.3. The van der Waals surface area contributed by atoms with Gasteiger partial charge in [0.05, 0.1) is 13.2 Å². The Morgan fingerprint density at radius 3 is 2.60 bits per heavy atom. The van der Waals surface area contributed by atoms with Gasteiger partial charge in [0.2, 0.25) is 5.88 Å². The van der Waals surface area contributed by atoms with Gasteiger partial charge in [0, 0.05) is 31.0 Å². The van der Waals surface area contributed by atoms with Crippen LogP contribution in [0.4, 0.5) is 0 Å². The molecule has 0 saturated carbocycles. The number of likely N-dealkylation sites (tertiary alicyclic amines) is 1. The lowest BCUT2D eigenvalue weighted by atomic mass is 9.99. The largest absolute Gasteiger partial charge is 0.496 e. The van der Waals surface area contributed by atoms with Crippen molar-refractivity contribution in [2.24, 2.45) is 0 Å². The van der Waals surface area contributed by atoms with Crippen LogP contribution in [0.2, 0.25) is 0 Å². The van der Waals surface area contributed by atoms with Crippen LogP contribution in [0.5, 0.6) is 11.6 Å². The summed E-state index contributed by atoms with van der Waals surface area (Å²) in [6.45, 7) is 4.97. The fourth-order valence-corrected chi connectivity index (χ4v) is 4.91. The van der Waals surface area contributed by atoms with Gasteiger partial charge in [0.1, 0.15) is 11.6 Å². The van der Waals surface area contributed by atoms with Crippen molar-refractivity contribution >= 4 is 5.91 Å². The maximum atomic E-state index is 13.8. The lowest BCUT2D eigenvalue weighted by molar-refractivity contribution is 0.0783. The SMILES string of the molecule is CCCCc1nc(O)c(C(=O)N2CC[C@@H](c3ccccc3)C2)c(=O)n1[C@H](C)c1ccccc1OC. The molecule has 1 aromatic heterocycles. The van der Waals surface area contributed by atoms with Crippen LogP contribution >= 0.6 is 0 Å². The lowest BCUT2D eigenvalue weighted by Gasteiger charge is -2.23. The van der Waals surface area contributed by atoms with E-state index in [-0.39, 0.29) is 11.5 Å². The Morgan fingerprint density at radius 2 is 1.89 bits per heavy atom. The fourth-order valence-electron chi connectivity index (χ4n) is 4.91. The minimum Gasteiger partial charge on any atom is -0.496 e. The van der Waals surface area contributed by atoms with Crippen LogP contribution in [-0.2, 0) is 6.42 Å². The van der Waals surface area contributed by atoms with Gasteiger partial charge < -0.3 is 14.7 Å². The number of hydrogen-bond acceptors (Lipinski definition) is 5. The van der Waals surface area contributed by atoms with Crippen LogP contribution in [0.1, 0.15) is 72.4 Å². The van der Waals surface area contributed by atoms with Crippen LogP contribution in [0.25, 0.3) is 0 Å². The number of carbonyl (C=O) groups is 1. The molecule has 1 aliphatic heterocycles. The summed E-state index contributed by atoms with van der Waals surface area (Å²) in [6, 6.07) is 17.1. The summed E-state index contributed by atoms with van der Waals surface area (Å²) in [5.74, 6) is 0.362. The van der Waals surface area contributed by atoms with Crippen molar-refractivity contribution in [2.45, 2.75) is 51.5 Å². The van der Waals surface area contributed by atoms with Gasteiger partial charge in [-0.2, -0.15) is 4.98 Å². The van der Waals surface area contributed by atoms with E-state index in [0.717, 1.165) is 24.8 Å². The van der Waals surface area contributed by atoms with E-state index < -0.39 is 23.4 Å². The first kappa shape index (κ1) is 24.5. The van der Waals surface area contributed by atoms with Gasteiger partial charge in [-0.05, 0) is 31.4 Å². The number of aryl methyl sites for hydroxylation is 1. The molecule has 0 bridgehead atoms. The summed E-state index contributed by atoms with van der Waals surface area (Å²) in [5.41, 5.74) is 1.20. The van der Waals surface area contributed by atoms with Crippen LogP contribution in [0, 0.1) is 0 Å². The average molecular weight is 476 g/mol. The van der Waals surface area contributed by atoms with Gasteiger partial charge in [0.15, 0.2) is 5.56 Å². The number of ether oxygens (including phenoxy) is 1. The number of rotatable bonds is 8. The molecule has 184 valence electrons. The van der Waals surface area contributed by atoms with E-state index in [4.69, 9.17) is 4.74 Å². The maximum absolute atomic E-state index is 13.8. The second kappa shape index (κ2) is 10.8. The Morgan fingerprint density at radius 1 is 1.17 bits per heavy atom. The van der Waals surface area contributed by atoms with Crippen molar-refractivity contribution in [1.82, 2.24) is 14.5 Å². The van der Waals surface area contributed by atoms with E-state index >= 15 is 0 Å². The van der Waals surface area contributed by atoms with Gasteiger partial charge in [0.25, 0.3) is 11.5 Å².